The lowest BCUT2D eigenvalue weighted by Crippen LogP contribution is -2.27. The summed E-state index contributed by atoms with van der Waals surface area (Å²) in [5.41, 5.74) is 0.934. The lowest BCUT2D eigenvalue weighted by Gasteiger charge is -2.16. The van der Waals surface area contributed by atoms with Gasteiger partial charge in [-0.05, 0) is 47.6 Å². The Kier molecular flexibility index (Phi) is 4.44. The maximum absolute atomic E-state index is 5.78. The number of aromatic nitrogens is 2. The molecular formula is C14H17BrN4O. The van der Waals surface area contributed by atoms with Crippen LogP contribution in [0.2, 0.25) is 0 Å². The third-order valence-electron chi connectivity index (χ3n) is 3.36. The van der Waals surface area contributed by atoms with Crippen LogP contribution in [0.15, 0.2) is 33.2 Å². The minimum absolute atomic E-state index is 0.570. The highest BCUT2D eigenvalue weighted by Crippen LogP contribution is 2.26. The summed E-state index contributed by atoms with van der Waals surface area (Å²) in [6.45, 7) is 4.92. The van der Waals surface area contributed by atoms with E-state index in [9.17, 15) is 0 Å². The van der Waals surface area contributed by atoms with Crippen molar-refractivity contribution in [3.8, 4) is 11.5 Å². The molecule has 1 aromatic carbocycles. The molecule has 2 heterocycles. The molecule has 5 nitrogen and oxygen atoms in total. The first kappa shape index (κ1) is 13.7. The molecular weight excluding hydrogens is 320 g/mol. The third-order valence-corrected chi connectivity index (χ3v) is 4.05. The van der Waals surface area contributed by atoms with Gasteiger partial charge in [-0.2, -0.15) is 0 Å². The van der Waals surface area contributed by atoms with Crippen LogP contribution in [-0.4, -0.2) is 41.3 Å². The zero-order valence-corrected chi connectivity index (χ0v) is 12.8. The maximum Gasteiger partial charge on any atom is 0.248 e. The normalized spacial score (nSPS) is 17.1. The van der Waals surface area contributed by atoms with Crippen molar-refractivity contribution in [3.05, 3.63) is 34.6 Å². The molecule has 1 aliphatic rings. The van der Waals surface area contributed by atoms with Gasteiger partial charge in [-0.1, -0.05) is 12.1 Å². The molecule has 0 atom stereocenters. The molecule has 2 aromatic rings. The number of rotatable bonds is 3. The molecule has 1 aliphatic heterocycles. The van der Waals surface area contributed by atoms with Gasteiger partial charge in [0.05, 0.1) is 12.1 Å². The van der Waals surface area contributed by atoms with Crippen molar-refractivity contribution in [2.75, 3.05) is 26.2 Å². The fraction of sp³-hybridized carbons (Fsp3) is 0.429. The van der Waals surface area contributed by atoms with Gasteiger partial charge in [0, 0.05) is 17.6 Å². The van der Waals surface area contributed by atoms with Crippen LogP contribution in [0.3, 0.4) is 0 Å². The predicted octanol–water partition coefficient (Wildman–Crippen LogP) is 2.29. The zero-order chi connectivity index (χ0) is 13.8. The van der Waals surface area contributed by atoms with Gasteiger partial charge in [0.1, 0.15) is 0 Å². The second kappa shape index (κ2) is 6.47. The summed E-state index contributed by atoms with van der Waals surface area (Å²) in [4.78, 5) is 2.34. The highest BCUT2D eigenvalue weighted by atomic mass is 79.9. The van der Waals surface area contributed by atoms with Crippen LogP contribution in [0.25, 0.3) is 11.5 Å². The van der Waals surface area contributed by atoms with Crippen LogP contribution >= 0.6 is 15.9 Å². The molecule has 6 heteroatoms. The van der Waals surface area contributed by atoms with E-state index in [4.69, 9.17) is 4.42 Å². The average molecular weight is 337 g/mol. The van der Waals surface area contributed by atoms with Crippen molar-refractivity contribution in [1.82, 2.24) is 20.4 Å². The van der Waals surface area contributed by atoms with Gasteiger partial charge in [-0.3, -0.25) is 4.90 Å². The Morgan fingerprint density at radius 1 is 1.20 bits per heavy atom. The van der Waals surface area contributed by atoms with Crippen molar-refractivity contribution in [2.24, 2.45) is 0 Å². The minimum atomic E-state index is 0.570. The van der Waals surface area contributed by atoms with Crippen LogP contribution in [0, 0.1) is 0 Å². The van der Waals surface area contributed by atoms with E-state index in [-0.39, 0.29) is 0 Å². The molecule has 1 aromatic heterocycles. The van der Waals surface area contributed by atoms with E-state index in [2.05, 4.69) is 36.3 Å². The summed E-state index contributed by atoms with van der Waals surface area (Å²) in [6.07, 6.45) is 1.16. The predicted molar refractivity (Wildman–Crippen MR) is 80.2 cm³/mol. The van der Waals surface area contributed by atoms with E-state index >= 15 is 0 Å². The Labute approximate surface area is 126 Å². The van der Waals surface area contributed by atoms with Crippen molar-refractivity contribution in [2.45, 2.75) is 13.0 Å². The van der Waals surface area contributed by atoms with Crippen LogP contribution < -0.4 is 5.32 Å². The van der Waals surface area contributed by atoms with Crippen molar-refractivity contribution < 1.29 is 4.42 Å². The first-order valence-corrected chi connectivity index (χ1v) is 7.62. The Hall–Kier alpha value is -1.24. The quantitative estimate of drug-likeness (QED) is 0.931. The summed E-state index contributed by atoms with van der Waals surface area (Å²) in [6, 6.07) is 7.87. The SMILES string of the molecule is Brc1ccccc1-c1nnc(CN2CCCNCC2)o1. The molecule has 0 saturated carbocycles. The number of nitrogens with one attached hydrogen (secondary N) is 1. The molecule has 0 bridgehead atoms. The molecule has 0 amide bonds. The number of halogens is 1. The smallest absolute Gasteiger partial charge is 0.248 e. The van der Waals surface area contributed by atoms with E-state index < -0.39 is 0 Å². The first-order valence-electron chi connectivity index (χ1n) is 6.83. The van der Waals surface area contributed by atoms with Crippen LogP contribution in [0.1, 0.15) is 12.3 Å². The van der Waals surface area contributed by atoms with Gasteiger partial charge >= 0.3 is 0 Å². The Morgan fingerprint density at radius 2 is 2.10 bits per heavy atom. The second-order valence-corrected chi connectivity index (χ2v) is 5.71. The Morgan fingerprint density at radius 3 is 3.00 bits per heavy atom. The fourth-order valence-electron chi connectivity index (χ4n) is 2.31. The topological polar surface area (TPSA) is 54.2 Å². The van der Waals surface area contributed by atoms with Crippen LogP contribution in [0.5, 0.6) is 0 Å². The van der Waals surface area contributed by atoms with Gasteiger partial charge in [-0.15, -0.1) is 10.2 Å². The largest absolute Gasteiger partial charge is 0.419 e. The van der Waals surface area contributed by atoms with Gasteiger partial charge in [0.25, 0.3) is 0 Å². The molecule has 20 heavy (non-hydrogen) atoms. The lowest BCUT2D eigenvalue weighted by atomic mass is 10.2. The van der Waals surface area contributed by atoms with E-state index in [1.54, 1.807) is 0 Å². The summed E-state index contributed by atoms with van der Waals surface area (Å²) in [5, 5.41) is 11.7. The molecule has 106 valence electrons. The number of benzene rings is 1. The van der Waals surface area contributed by atoms with Crippen molar-refractivity contribution in [1.29, 1.82) is 0 Å². The number of nitrogens with zero attached hydrogens (tertiary/aromatic N) is 3. The average Bonchev–Trinajstić information content (AvgIpc) is 2.75. The summed E-state index contributed by atoms with van der Waals surface area (Å²) < 4.78 is 6.75. The monoisotopic (exact) mass is 336 g/mol. The second-order valence-electron chi connectivity index (χ2n) is 4.86. The molecule has 0 unspecified atom stereocenters. The molecule has 0 radical (unpaired) electrons. The Bertz CT molecular complexity index is 564. The maximum atomic E-state index is 5.78. The zero-order valence-electron chi connectivity index (χ0n) is 11.2. The number of hydrogen-bond acceptors (Lipinski definition) is 5. The van der Waals surface area contributed by atoms with E-state index in [0.717, 1.165) is 49.2 Å². The van der Waals surface area contributed by atoms with Crippen molar-refractivity contribution >= 4 is 15.9 Å². The van der Waals surface area contributed by atoms with Gasteiger partial charge in [-0.25, -0.2) is 0 Å². The lowest BCUT2D eigenvalue weighted by molar-refractivity contribution is 0.255. The molecule has 1 saturated heterocycles. The molecule has 3 rings (SSSR count). The van der Waals surface area contributed by atoms with Crippen molar-refractivity contribution in [3.63, 3.8) is 0 Å². The summed E-state index contributed by atoms with van der Waals surface area (Å²) >= 11 is 3.50. The third kappa shape index (κ3) is 3.26. The molecule has 0 spiro atoms. The standard InChI is InChI=1S/C14H17BrN4O/c15-12-5-2-1-4-11(12)14-18-17-13(20-14)10-19-8-3-6-16-7-9-19/h1-2,4-5,16H,3,6-10H2. The van der Waals surface area contributed by atoms with Crippen LogP contribution in [0.4, 0.5) is 0 Å². The summed E-state index contributed by atoms with van der Waals surface area (Å²) in [5.74, 6) is 1.25. The summed E-state index contributed by atoms with van der Waals surface area (Å²) in [7, 11) is 0. The van der Waals surface area contributed by atoms with Gasteiger partial charge in [0.2, 0.25) is 11.8 Å². The molecule has 1 N–H and O–H groups in total. The highest BCUT2D eigenvalue weighted by Gasteiger charge is 2.15. The van der Waals surface area contributed by atoms with E-state index in [0.29, 0.717) is 11.8 Å². The fourth-order valence-corrected chi connectivity index (χ4v) is 2.77. The first-order chi connectivity index (χ1) is 9.83. The Balaban J connectivity index is 1.72. The van der Waals surface area contributed by atoms with Gasteiger partial charge < -0.3 is 9.73 Å². The van der Waals surface area contributed by atoms with E-state index in [1.165, 1.54) is 0 Å². The molecule has 1 fully saturated rings. The highest BCUT2D eigenvalue weighted by molar-refractivity contribution is 9.10. The number of hydrogen-bond donors (Lipinski definition) is 1. The van der Waals surface area contributed by atoms with Crippen LogP contribution in [-0.2, 0) is 6.54 Å². The molecule has 0 aliphatic carbocycles. The van der Waals surface area contributed by atoms with E-state index in [1.807, 2.05) is 24.3 Å². The minimum Gasteiger partial charge on any atom is -0.419 e. The van der Waals surface area contributed by atoms with Gasteiger partial charge in [0.15, 0.2) is 0 Å².